The van der Waals surface area contributed by atoms with Gasteiger partial charge in [-0.05, 0) is 55.8 Å². The van der Waals surface area contributed by atoms with Crippen molar-refractivity contribution in [3.8, 4) is 5.75 Å². The monoisotopic (exact) mass is 425 g/mol. The Hall–Kier alpha value is -4.21. The second-order valence-electron chi connectivity index (χ2n) is 6.61. The summed E-state index contributed by atoms with van der Waals surface area (Å²) in [5, 5.41) is 8.85. The van der Waals surface area contributed by atoms with Crippen LogP contribution in [0.25, 0.3) is 0 Å². The molecule has 0 spiro atoms. The molecule has 0 atom stereocenters. The Morgan fingerprint density at radius 2 is 1.68 bits per heavy atom. The number of amides is 4. The molecule has 0 aliphatic carbocycles. The fourth-order valence-electron chi connectivity index (χ4n) is 2.49. The third kappa shape index (κ3) is 6.96. The van der Waals surface area contributed by atoms with Crippen LogP contribution in [0.1, 0.15) is 29.3 Å². The number of ether oxygens (including phenoxy) is 1. The van der Waals surface area contributed by atoms with Crippen molar-refractivity contribution in [2.75, 3.05) is 17.7 Å². The molecule has 10 heteroatoms. The predicted octanol–water partition coefficient (Wildman–Crippen LogP) is 1.56. The van der Waals surface area contributed by atoms with Crippen molar-refractivity contribution in [3.63, 3.8) is 0 Å². The minimum absolute atomic E-state index is 0.120. The number of aryl methyl sites for hydroxylation is 1. The van der Waals surface area contributed by atoms with E-state index < -0.39 is 23.6 Å². The van der Waals surface area contributed by atoms with Gasteiger partial charge in [0.25, 0.3) is 0 Å². The van der Waals surface area contributed by atoms with Crippen LogP contribution in [0.5, 0.6) is 5.75 Å². The van der Waals surface area contributed by atoms with Crippen molar-refractivity contribution in [3.05, 3.63) is 53.6 Å². The molecule has 0 saturated heterocycles. The van der Waals surface area contributed by atoms with Crippen LogP contribution in [-0.2, 0) is 14.4 Å². The average molecular weight is 425 g/mol. The molecule has 0 unspecified atom stereocenters. The fraction of sp³-hybridized carbons (Fsp3) is 0.190. The van der Waals surface area contributed by atoms with E-state index in [9.17, 15) is 19.2 Å². The highest BCUT2D eigenvalue weighted by atomic mass is 16.5. The molecule has 0 radical (unpaired) electrons. The lowest BCUT2D eigenvalue weighted by Gasteiger charge is -2.10. The SMILES string of the molecule is COc1ccc(C)cc1NC(=O)C(=O)N/N=C(\C)CC(=O)Nc1ccc(C(N)=O)cc1. The quantitative estimate of drug-likeness (QED) is 0.301. The third-order valence-corrected chi connectivity index (χ3v) is 4.03. The summed E-state index contributed by atoms with van der Waals surface area (Å²) in [6, 6.07) is 11.2. The predicted molar refractivity (Wildman–Crippen MR) is 116 cm³/mol. The second-order valence-corrected chi connectivity index (χ2v) is 6.61. The topological polar surface area (TPSA) is 152 Å². The van der Waals surface area contributed by atoms with Gasteiger partial charge in [-0.3, -0.25) is 19.2 Å². The molecule has 0 saturated carbocycles. The number of carbonyl (C=O) groups excluding carboxylic acids is 4. The van der Waals surface area contributed by atoms with Gasteiger partial charge in [-0.2, -0.15) is 5.10 Å². The minimum atomic E-state index is -0.995. The molecule has 0 heterocycles. The van der Waals surface area contributed by atoms with E-state index in [1.54, 1.807) is 18.2 Å². The number of hydrogen-bond acceptors (Lipinski definition) is 6. The van der Waals surface area contributed by atoms with Gasteiger partial charge < -0.3 is 21.1 Å². The van der Waals surface area contributed by atoms with Gasteiger partial charge in [0.05, 0.1) is 19.2 Å². The van der Waals surface area contributed by atoms with Crippen LogP contribution < -0.4 is 26.5 Å². The molecule has 2 aromatic rings. The number of primary amides is 1. The Balaban J connectivity index is 1.88. The van der Waals surface area contributed by atoms with E-state index in [1.165, 1.54) is 38.3 Å². The Morgan fingerprint density at radius 1 is 1.00 bits per heavy atom. The Morgan fingerprint density at radius 3 is 2.29 bits per heavy atom. The molecule has 2 rings (SSSR count). The smallest absolute Gasteiger partial charge is 0.329 e. The maximum Gasteiger partial charge on any atom is 0.329 e. The van der Waals surface area contributed by atoms with Crippen molar-refractivity contribution >= 4 is 40.7 Å². The molecule has 10 nitrogen and oxygen atoms in total. The first kappa shape index (κ1) is 23.1. The number of nitrogens with one attached hydrogen (secondary N) is 3. The van der Waals surface area contributed by atoms with Gasteiger partial charge in [0.2, 0.25) is 11.8 Å². The number of methoxy groups -OCH3 is 1. The normalized spacial score (nSPS) is 10.7. The summed E-state index contributed by atoms with van der Waals surface area (Å²) in [6.07, 6.45) is -0.120. The summed E-state index contributed by atoms with van der Waals surface area (Å²) in [4.78, 5) is 47.2. The van der Waals surface area contributed by atoms with E-state index >= 15 is 0 Å². The van der Waals surface area contributed by atoms with Gasteiger partial charge in [0.1, 0.15) is 5.75 Å². The fourth-order valence-corrected chi connectivity index (χ4v) is 2.49. The summed E-state index contributed by atoms with van der Waals surface area (Å²) >= 11 is 0. The van der Waals surface area contributed by atoms with Gasteiger partial charge in [0.15, 0.2) is 0 Å². The van der Waals surface area contributed by atoms with E-state index in [1.807, 2.05) is 6.92 Å². The van der Waals surface area contributed by atoms with Gasteiger partial charge in [-0.25, -0.2) is 5.43 Å². The van der Waals surface area contributed by atoms with Crippen LogP contribution >= 0.6 is 0 Å². The first-order chi connectivity index (χ1) is 14.7. The molecular formula is C21H23N5O5. The molecule has 0 aliphatic heterocycles. The van der Waals surface area contributed by atoms with Gasteiger partial charge >= 0.3 is 11.8 Å². The second kappa shape index (κ2) is 10.5. The molecule has 0 aromatic heterocycles. The van der Waals surface area contributed by atoms with Crippen molar-refractivity contribution in [1.29, 1.82) is 0 Å². The van der Waals surface area contributed by atoms with Crippen LogP contribution in [0.3, 0.4) is 0 Å². The molecular weight excluding hydrogens is 402 g/mol. The van der Waals surface area contributed by atoms with Gasteiger partial charge in [0, 0.05) is 17.0 Å². The maximum absolute atomic E-state index is 12.1. The van der Waals surface area contributed by atoms with E-state index in [4.69, 9.17) is 10.5 Å². The molecule has 0 bridgehead atoms. The number of nitrogens with two attached hydrogens (primary N) is 1. The molecule has 0 fully saturated rings. The zero-order valence-electron chi connectivity index (χ0n) is 17.3. The van der Waals surface area contributed by atoms with Crippen LogP contribution in [0, 0.1) is 6.92 Å². The molecule has 0 aliphatic rings. The Labute approximate surface area is 178 Å². The number of hydrazone groups is 1. The highest BCUT2D eigenvalue weighted by Crippen LogP contribution is 2.25. The molecule has 4 amide bonds. The van der Waals surface area contributed by atoms with Gasteiger partial charge in [-0.1, -0.05) is 6.07 Å². The standard InChI is InChI=1S/C21H23N5O5/c1-12-4-9-17(31-3)16(10-12)24-20(29)21(30)26-25-13(2)11-18(27)23-15-7-5-14(6-8-15)19(22)28/h4-10H,11H2,1-3H3,(H2,22,28)(H,23,27)(H,24,29)(H,26,30)/b25-13+. The number of carbonyl (C=O) groups is 4. The van der Waals surface area contributed by atoms with Crippen molar-refractivity contribution in [1.82, 2.24) is 5.43 Å². The molecule has 31 heavy (non-hydrogen) atoms. The van der Waals surface area contributed by atoms with Crippen molar-refractivity contribution in [2.45, 2.75) is 20.3 Å². The molecule has 2 aromatic carbocycles. The number of nitrogens with zero attached hydrogens (tertiary/aromatic N) is 1. The zero-order chi connectivity index (χ0) is 23.0. The maximum atomic E-state index is 12.1. The van der Waals surface area contributed by atoms with Crippen LogP contribution in [0.4, 0.5) is 11.4 Å². The Kier molecular flexibility index (Phi) is 7.84. The van der Waals surface area contributed by atoms with Crippen LogP contribution in [-0.4, -0.2) is 36.5 Å². The zero-order valence-corrected chi connectivity index (χ0v) is 17.3. The summed E-state index contributed by atoms with van der Waals surface area (Å²) in [5.74, 6) is -2.48. The first-order valence-electron chi connectivity index (χ1n) is 9.18. The summed E-state index contributed by atoms with van der Waals surface area (Å²) in [6.45, 7) is 3.36. The number of anilines is 2. The highest BCUT2D eigenvalue weighted by Gasteiger charge is 2.16. The van der Waals surface area contributed by atoms with Gasteiger partial charge in [-0.15, -0.1) is 0 Å². The lowest BCUT2D eigenvalue weighted by Crippen LogP contribution is -2.33. The van der Waals surface area contributed by atoms with E-state index in [0.717, 1.165) is 5.56 Å². The van der Waals surface area contributed by atoms with E-state index in [2.05, 4.69) is 21.2 Å². The first-order valence-corrected chi connectivity index (χ1v) is 9.18. The van der Waals surface area contributed by atoms with Crippen LogP contribution in [0.15, 0.2) is 47.6 Å². The minimum Gasteiger partial charge on any atom is -0.495 e. The summed E-state index contributed by atoms with van der Waals surface area (Å²) in [7, 11) is 1.45. The third-order valence-electron chi connectivity index (χ3n) is 4.03. The average Bonchev–Trinajstić information content (AvgIpc) is 2.72. The van der Waals surface area contributed by atoms with Crippen molar-refractivity contribution in [2.24, 2.45) is 10.8 Å². The van der Waals surface area contributed by atoms with E-state index in [0.29, 0.717) is 22.7 Å². The summed E-state index contributed by atoms with van der Waals surface area (Å²) in [5.41, 5.74) is 9.57. The Bertz CT molecular complexity index is 1030. The number of rotatable bonds is 7. The van der Waals surface area contributed by atoms with Crippen LogP contribution in [0.2, 0.25) is 0 Å². The van der Waals surface area contributed by atoms with E-state index in [-0.39, 0.29) is 12.1 Å². The lowest BCUT2D eigenvalue weighted by atomic mass is 10.2. The highest BCUT2D eigenvalue weighted by molar-refractivity contribution is 6.39. The number of hydrogen-bond donors (Lipinski definition) is 4. The largest absolute Gasteiger partial charge is 0.495 e. The summed E-state index contributed by atoms with van der Waals surface area (Å²) < 4.78 is 5.15. The number of benzene rings is 2. The van der Waals surface area contributed by atoms with Crippen molar-refractivity contribution < 1.29 is 23.9 Å². The lowest BCUT2D eigenvalue weighted by molar-refractivity contribution is -0.136. The molecule has 5 N–H and O–H groups in total. The molecule has 162 valence electrons.